The van der Waals surface area contributed by atoms with Crippen LogP contribution in [-0.4, -0.2) is 14.5 Å². The molecular formula is C21H17N3O4S. The second kappa shape index (κ2) is 7.92. The summed E-state index contributed by atoms with van der Waals surface area (Å²) in [5.74, 6) is 1.11. The Balaban J connectivity index is 1.74. The summed E-state index contributed by atoms with van der Waals surface area (Å²) >= 11 is 1.37. The standard InChI is InChI=1S/C21H17N3O4S/c1-14-15(6-4-10-19(14)24(26)27)13-29-21-22-18-9-3-2-8-17(18)20(25)23(21)12-16-7-5-11-28-16/h2-11H,12-13H2,1H3. The van der Waals surface area contributed by atoms with Crippen molar-refractivity contribution in [1.82, 2.24) is 9.55 Å². The van der Waals surface area contributed by atoms with Gasteiger partial charge >= 0.3 is 0 Å². The van der Waals surface area contributed by atoms with Gasteiger partial charge in [-0.3, -0.25) is 19.5 Å². The number of nitro benzene ring substituents is 1. The van der Waals surface area contributed by atoms with Crippen LogP contribution >= 0.6 is 11.8 Å². The fourth-order valence-corrected chi connectivity index (χ4v) is 4.19. The average Bonchev–Trinajstić information content (AvgIpc) is 3.23. The van der Waals surface area contributed by atoms with Crippen LogP contribution in [0.3, 0.4) is 0 Å². The minimum Gasteiger partial charge on any atom is -0.467 e. The molecule has 0 saturated carbocycles. The monoisotopic (exact) mass is 407 g/mol. The van der Waals surface area contributed by atoms with E-state index < -0.39 is 0 Å². The Bertz CT molecular complexity index is 1250. The zero-order valence-corrected chi connectivity index (χ0v) is 16.4. The number of hydrogen-bond donors (Lipinski definition) is 0. The lowest BCUT2D eigenvalue weighted by molar-refractivity contribution is -0.385. The van der Waals surface area contributed by atoms with Crippen molar-refractivity contribution in [3.05, 3.63) is 98.2 Å². The quantitative estimate of drug-likeness (QED) is 0.202. The molecule has 0 aliphatic rings. The van der Waals surface area contributed by atoms with Gasteiger partial charge in [-0.2, -0.15) is 0 Å². The molecule has 0 unspecified atom stereocenters. The summed E-state index contributed by atoms with van der Waals surface area (Å²) in [6.07, 6.45) is 1.56. The van der Waals surface area contributed by atoms with Gasteiger partial charge < -0.3 is 4.42 Å². The normalized spacial score (nSPS) is 11.1. The summed E-state index contributed by atoms with van der Waals surface area (Å²) < 4.78 is 6.99. The largest absolute Gasteiger partial charge is 0.467 e. The number of rotatable bonds is 6. The lowest BCUT2D eigenvalue weighted by Crippen LogP contribution is -2.23. The fourth-order valence-electron chi connectivity index (χ4n) is 3.12. The van der Waals surface area contributed by atoms with E-state index in [1.54, 1.807) is 48.1 Å². The molecule has 0 aliphatic heterocycles. The summed E-state index contributed by atoms with van der Waals surface area (Å²) in [5.41, 5.74) is 2.00. The minimum atomic E-state index is -0.384. The molecule has 0 atom stereocenters. The summed E-state index contributed by atoms with van der Waals surface area (Å²) in [6, 6.07) is 15.8. The SMILES string of the molecule is Cc1c(CSc2nc3ccccc3c(=O)n2Cc2ccco2)cccc1[N+](=O)[O-]. The van der Waals surface area contributed by atoms with Gasteiger partial charge in [0.1, 0.15) is 5.76 Å². The van der Waals surface area contributed by atoms with Crippen LogP contribution in [0, 0.1) is 17.0 Å². The van der Waals surface area contributed by atoms with Gasteiger partial charge in [0.05, 0.1) is 28.6 Å². The first-order valence-electron chi connectivity index (χ1n) is 8.92. The van der Waals surface area contributed by atoms with Gasteiger partial charge in [-0.15, -0.1) is 0 Å². The minimum absolute atomic E-state index is 0.0857. The van der Waals surface area contributed by atoms with Crippen molar-refractivity contribution >= 4 is 28.4 Å². The van der Waals surface area contributed by atoms with Crippen LogP contribution in [0.15, 0.2) is 75.2 Å². The second-order valence-corrected chi connectivity index (χ2v) is 7.43. The molecule has 0 amide bonds. The molecule has 0 radical (unpaired) electrons. The fraction of sp³-hybridized carbons (Fsp3) is 0.143. The topological polar surface area (TPSA) is 91.2 Å². The van der Waals surface area contributed by atoms with Gasteiger partial charge in [0.25, 0.3) is 11.2 Å². The number of fused-ring (bicyclic) bond motifs is 1. The molecular weight excluding hydrogens is 390 g/mol. The van der Waals surface area contributed by atoms with Crippen LogP contribution in [0.25, 0.3) is 10.9 Å². The first-order chi connectivity index (χ1) is 14.0. The average molecular weight is 407 g/mol. The lowest BCUT2D eigenvalue weighted by Gasteiger charge is -2.13. The molecule has 0 bridgehead atoms. The molecule has 0 saturated heterocycles. The highest BCUT2D eigenvalue weighted by Crippen LogP contribution is 2.28. The van der Waals surface area contributed by atoms with Crippen molar-refractivity contribution in [2.45, 2.75) is 24.4 Å². The van der Waals surface area contributed by atoms with E-state index in [1.807, 2.05) is 18.2 Å². The van der Waals surface area contributed by atoms with Crippen LogP contribution in [0.4, 0.5) is 5.69 Å². The van der Waals surface area contributed by atoms with Gasteiger partial charge in [-0.05, 0) is 36.8 Å². The van der Waals surface area contributed by atoms with E-state index in [4.69, 9.17) is 4.42 Å². The predicted molar refractivity (Wildman–Crippen MR) is 111 cm³/mol. The molecule has 0 fully saturated rings. The van der Waals surface area contributed by atoms with Gasteiger partial charge in [-0.25, -0.2) is 4.98 Å². The molecule has 8 heteroatoms. The van der Waals surface area contributed by atoms with E-state index in [9.17, 15) is 14.9 Å². The van der Waals surface area contributed by atoms with Crippen LogP contribution in [0.5, 0.6) is 0 Å². The Labute approximate surface area is 170 Å². The third-order valence-electron chi connectivity index (χ3n) is 4.69. The number of thioether (sulfide) groups is 1. The molecule has 4 aromatic rings. The van der Waals surface area contributed by atoms with E-state index in [0.717, 1.165) is 5.56 Å². The molecule has 2 aromatic heterocycles. The maximum atomic E-state index is 13.1. The van der Waals surface area contributed by atoms with Gasteiger partial charge in [-0.1, -0.05) is 36.0 Å². The van der Waals surface area contributed by atoms with E-state index in [-0.39, 0.29) is 22.7 Å². The Hall–Kier alpha value is -3.39. The number of nitro groups is 1. The van der Waals surface area contributed by atoms with E-state index in [1.165, 1.54) is 17.8 Å². The predicted octanol–water partition coefficient (Wildman–Crippen LogP) is 4.55. The summed E-state index contributed by atoms with van der Waals surface area (Å²) in [6.45, 7) is 2.00. The van der Waals surface area contributed by atoms with Crippen molar-refractivity contribution in [3.8, 4) is 0 Å². The van der Waals surface area contributed by atoms with Gasteiger partial charge in [0.15, 0.2) is 5.16 Å². The molecule has 7 nitrogen and oxygen atoms in total. The molecule has 0 aliphatic carbocycles. The van der Waals surface area contributed by atoms with Crippen LogP contribution < -0.4 is 5.56 Å². The van der Waals surface area contributed by atoms with Crippen molar-refractivity contribution in [2.75, 3.05) is 0 Å². The van der Waals surface area contributed by atoms with Crippen molar-refractivity contribution in [3.63, 3.8) is 0 Å². The molecule has 2 aromatic carbocycles. The van der Waals surface area contributed by atoms with E-state index in [0.29, 0.717) is 33.1 Å². The number of nitrogens with zero attached hydrogens (tertiary/aromatic N) is 3. The highest BCUT2D eigenvalue weighted by molar-refractivity contribution is 7.98. The highest BCUT2D eigenvalue weighted by Gasteiger charge is 2.16. The number of benzene rings is 2. The highest BCUT2D eigenvalue weighted by atomic mass is 32.2. The van der Waals surface area contributed by atoms with Gasteiger partial charge in [0, 0.05) is 17.4 Å². The maximum Gasteiger partial charge on any atom is 0.272 e. The molecule has 146 valence electrons. The van der Waals surface area contributed by atoms with E-state index >= 15 is 0 Å². The third-order valence-corrected chi connectivity index (χ3v) is 5.72. The zero-order valence-electron chi connectivity index (χ0n) is 15.6. The second-order valence-electron chi connectivity index (χ2n) is 6.49. The van der Waals surface area contributed by atoms with Crippen molar-refractivity contribution in [2.24, 2.45) is 0 Å². The lowest BCUT2D eigenvalue weighted by atomic mass is 10.1. The Kier molecular flexibility index (Phi) is 5.18. The number of furan rings is 1. The number of para-hydroxylation sites is 1. The first kappa shape index (κ1) is 18.9. The van der Waals surface area contributed by atoms with Gasteiger partial charge in [0.2, 0.25) is 0 Å². The molecule has 4 rings (SSSR count). The summed E-state index contributed by atoms with van der Waals surface area (Å²) in [5, 5.41) is 12.3. The van der Waals surface area contributed by atoms with Crippen molar-refractivity contribution < 1.29 is 9.34 Å². The Morgan fingerprint density at radius 1 is 1.14 bits per heavy atom. The van der Waals surface area contributed by atoms with Crippen molar-refractivity contribution in [1.29, 1.82) is 0 Å². The van der Waals surface area contributed by atoms with Crippen LogP contribution in [0.1, 0.15) is 16.9 Å². The smallest absolute Gasteiger partial charge is 0.272 e. The van der Waals surface area contributed by atoms with E-state index in [2.05, 4.69) is 4.98 Å². The third kappa shape index (κ3) is 3.79. The molecule has 29 heavy (non-hydrogen) atoms. The molecule has 0 N–H and O–H groups in total. The van der Waals surface area contributed by atoms with Crippen LogP contribution in [-0.2, 0) is 12.3 Å². The number of aromatic nitrogens is 2. The zero-order chi connectivity index (χ0) is 20.4. The Morgan fingerprint density at radius 3 is 2.72 bits per heavy atom. The van der Waals surface area contributed by atoms with Crippen LogP contribution in [0.2, 0.25) is 0 Å². The molecule has 0 spiro atoms. The summed E-state index contributed by atoms with van der Waals surface area (Å²) in [4.78, 5) is 28.6. The number of hydrogen-bond acceptors (Lipinski definition) is 6. The Morgan fingerprint density at radius 2 is 1.97 bits per heavy atom. The molecule has 2 heterocycles. The summed E-state index contributed by atoms with van der Waals surface area (Å²) in [7, 11) is 0. The maximum absolute atomic E-state index is 13.1. The first-order valence-corrected chi connectivity index (χ1v) is 9.91.